The number of anilines is 1. The summed E-state index contributed by atoms with van der Waals surface area (Å²) in [5.74, 6) is 1.04. The van der Waals surface area contributed by atoms with Gasteiger partial charge in [-0.25, -0.2) is 0 Å². The Morgan fingerprint density at radius 1 is 1.10 bits per heavy atom. The van der Waals surface area contributed by atoms with Gasteiger partial charge in [0.25, 0.3) is 5.91 Å². The second-order valence-corrected chi connectivity index (χ2v) is 7.97. The standard InChI is InChI=1S/C24H28N2O3/c1-17-24(28)26(20-13-7-8-14-21(20)29-17)16-15-22(27)25-23(19-11-5-6-12-19)18-9-3-2-4-10-18/h2-4,7-10,13-14,17,19,23H,5-6,11-12,15-16H2,1H3,(H,25,27). The molecule has 1 heterocycles. The summed E-state index contributed by atoms with van der Waals surface area (Å²) < 4.78 is 5.68. The zero-order valence-electron chi connectivity index (χ0n) is 16.8. The fourth-order valence-electron chi connectivity index (χ4n) is 4.47. The minimum Gasteiger partial charge on any atom is -0.479 e. The number of fused-ring (bicyclic) bond motifs is 1. The van der Waals surface area contributed by atoms with E-state index in [2.05, 4.69) is 17.4 Å². The molecule has 2 atom stereocenters. The third-order valence-electron chi connectivity index (χ3n) is 5.98. The van der Waals surface area contributed by atoms with Gasteiger partial charge in [0.05, 0.1) is 11.7 Å². The molecule has 4 rings (SSSR count). The molecular formula is C24H28N2O3. The number of benzene rings is 2. The predicted octanol–water partition coefficient (Wildman–Crippen LogP) is 4.24. The van der Waals surface area contributed by atoms with E-state index >= 15 is 0 Å². The molecule has 1 saturated carbocycles. The van der Waals surface area contributed by atoms with Gasteiger partial charge in [-0.2, -0.15) is 0 Å². The van der Waals surface area contributed by atoms with Gasteiger partial charge in [0, 0.05) is 13.0 Å². The number of nitrogens with one attached hydrogen (secondary N) is 1. The highest BCUT2D eigenvalue weighted by atomic mass is 16.5. The molecule has 2 aliphatic rings. The number of ether oxygens (including phenoxy) is 1. The van der Waals surface area contributed by atoms with Crippen LogP contribution in [-0.2, 0) is 9.59 Å². The van der Waals surface area contributed by atoms with E-state index < -0.39 is 6.10 Å². The smallest absolute Gasteiger partial charge is 0.267 e. The Hall–Kier alpha value is -2.82. The Morgan fingerprint density at radius 3 is 2.55 bits per heavy atom. The van der Waals surface area contributed by atoms with Crippen molar-refractivity contribution < 1.29 is 14.3 Å². The fraction of sp³-hybridized carbons (Fsp3) is 0.417. The topological polar surface area (TPSA) is 58.6 Å². The van der Waals surface area contributed by atoms with Gasteiger partial charge in [0.1, 0.15) is 5.75 Å². The van der Waals surface area contributed by atoms with Crippen molar-refractivity contribution in [2.45, 2.75) is 51.2 Å². The zero-order chi connectivity index (χ0) is 20.2. The lowest BCUT2D eigenvalue weighted by Crippen LogP contribution is -2.46. The molecule has 0 aromatic heterocycles. The maximum Gasteiger partial charge on any atom is 0.267 e. The van der Waals surface area contributed by atoms with Crippen LogP contribution in [0.2, 0.25) is 0 Å². The summed E-state index contributed by atoms with van der Waals surface area (Å²) in [6, 6.07) is 17.8. The summed E-state index contributed by atoms with van der Waals surface area (Å²) in [5, 5.41) is 3.26. The molecule has 5 nitrogen and oxygen atoms in total. The van der Waals surface area contributed by atoms with Crippen LogP contribution >= 0.6 is 0 Å². The van der Waals surface area contributed by atoms with E-state index in [9.17, 15) is 9.59 Å². The molecule has 2 aromatic rings. The van der Waals surface area contributed by atoms with Crippen LogP contribution < -0.4 is 15.0 Å². The molecule has 0 radical (unpaired) electrons. The molecule has 2 unspecified atom stereocenters. The molecule has 2 amide bonds. The Labute approximate surface area is 172 Å². The van der Waals surface area contributed by atoms with Crippen molar-refractivity contribution in [3.8, 4) is 5.75 Å². The van der Waals surface area contributed by atoms with Crippen molar-refractivity contribution >= 4 is 17.5 Å². The Balaban J connectivity index is 1.44. The largest absolute Gasteiger partial charge is 0.479 e. The Morgan fingerprint density at radius 2 is 1.79 bits per heavy atom. The quantitative estimate of drug-likeness (QED) is 0.800. The monoisotopic (exact) mass is 392 g/mol. The van der Waals surface area contributed by atoms with Crippen molar-refractivity contribution in [3.05, 3.63) is 60.2 Å². The lowest BCUT2D eigenvalue weighted by Gasteiger charge is -2.33. The second kappa shape index (κ2) is 8.68. The van der Waals surface area contributed by atoms with Crippen LogP contribution in [0.3, 0.4) is 0 Å². The van der Waals surface area contributed by atoms with Crippen LogP contribution in [0.4, 0.5) is 5.69 Å². The number of para-hydroxylation sites is 2. The van der Waals surface area contributed by atoms with Crippen molar-refractivity contribution in [3.63, 3.8) is 0 Å². The van der Waals surface area contributed by atoms with Crippen molar-refractivity contribution in [1.82, 2.24) is 5.32 Å². The van der Waals surface area contributed by atoms with E-state index in [1.165, 1.54) is 12.8 Å². The number of amides is 2. The third kappa shape index (κ3) is 4.29. The van der Waals surface area contributed by atoms with Gasteiger partial charge in [-0.15, -0.1) is 0 Å². The van der Waals surface area contributed by atoms with E-state index in [-0.39, 0.29) is 24.3 Å². The van der Waals surface area contributed by atoms with Gasteiger partial charge in [0.2, 0.25) is 5.91 Å². The fourth-order valence-corrected chi connectivity index (χ4v) is 4.47. The first-order chi connectivity index (χ1) is 14.1. The minimum atomic E-state index is -0.538. The van der Waals surface area contributed by atoms with E-state index in [4.69, 9.17) is 4.74 Å². The summed E-state index contributed by atoms with van der Waals surface area (Å²) in [4.78, 5) is 27.1. The van der Waals surface area contributed by atoms with E-state index in [0.29, 0.717) is 18.2 Å². The molecule has 29 heavy (non-hydrogen) atoms. The number of hydrogen-bond acceptors (Lipinski definition) is 3. The number of hydrogen-bond donors (Lipinski definition) is 1. The average Bonchev–Trinajstić information content (AvgIpc) is 3.27. The van der Waals surface area contributed by atoms with Gasteiger partial charge in [-0.1, -0.05) is 55.3 Å². The molecular weight excluding hydrogens is 364 g/mol. The van der Waals surface area contributed by atoms with Crippen LogP contribution in [0, 0.1) is 5.92 Å². The van der Waals surface area contributed by atoms with Gasteiger partial charge in [-0.3, -0.25) is 9.59 Å². The van der Waals surface area contributed by atoms with Gasteiger partial charge < -0.3 is 15.0 Å². The SMILES string of the molecule is CC1Oc2ccccc2N(CCC(=O)NC(c2ccccc2)C2CCCC2)C1=O. The van der Waals surface area contributed by atoms with Gasteiger partial charge in [0.15, 0.2) is 6.10 Å². The summed E-state index contributed by atoms with van der Waals surface area (Å²) in [5.41, 5.74) is 1.90. The Kier molecular flexibility index (Phi) is 5.84. The second-order valence-electron chi connectivity index (χ2n) is 7.97. The number of rotatable bonds is 6. The lowest BCUT2D eigenvalue weighted by atomic mass is 9.91. The maximum absolute atomic E-state index is 12.8. The molecule has 1 fully saturated rings. The Bertz CT molecular complexity index is 861. The predicted molar refractivity (Wildman–Crippen MR) is 113 cm³/mol. The number of carbonyl (C=O) groups excluding carboxylic acids is 2. The van der Waals surface area contributed by atoms with Crippen LogP contribution in [0.1, 0.15) is 50.6 Å². The van der Waals surface area contributed by atoms with Crippen molar-refractivity contribution in [2.24, 2.45) is 5.92 Å². The van der Waals surface area contributed by atoms with Gasteiger partial charge >= 0.3 is 0 Å². The first kappa shape index (κ1) is 19.5. The molecule has 0 saturated heterocycles. The summed E-state index contributed by atoms with van der Waals surface area (Å²) >= 11 is 0. The van der Waals surface area contributed by atoms with Crippen molar-refractivity contribution in [1.29, 1.82) is 0 Å². The minimum absolute atomic E-state index is 0.0184. The maximum atomic E-state index is 12.8. The zero-order valence-corrected chi connectivity index (χ0v) is 16.8. The molecule has 1 N–H and O–H groups in total. The van der Waals surface area contributed by atoms with Gasteiger partial charge in [-0.05, 0) is 43.4 Å². The molecule has 5 heteroatoms. The lowest BCUT2D eigenvalue weighted by molar-refractivity contribution is -0.125. The summed E-state index contributed by atoms with van der Waals surface area (Å²) in [6.45, 7) is 2.10. The number of carbonyl (C=O) groups is 2. The van der Waals surface area contributed by atoms with E-state index in [1.807, 2.05) is 42.5 Å². The van der Waals surface area contributed by atoms with Crippen LogP contribution in [0.15, 0.2) is 54.6 Å². The first-order valence-corrected chi connectivity index (χ1v) is 10.5. The highest BCUT2D eigenvalue weighted by Crippen LogP contribution is 2.36. The molecule has 1 aliphatic heterocycles. The number of nitrogens with zero attached hydrogens (tertiary/aromatic N) is 1. The average molecular weight is 392 g/mol. The molecule has 2 aromatic carbocycles. The van der Waals surface area contributed by atoms with E-state index in [0.717, 1.165) is 24.1 Å². The molecule has 152 valence electrons. The van der Waals surface area contributed by atoms with Crippen LogP contribution in [-0.4, -0.2) is 24.5 Å². The van der Waals surface area contributed by atoms with Crippen LogP contribution in [0.25, 0.3) is 0 Å². The summed E-state index contributed by atoms with van der Waals surface area (Å²) in [7, 11) is 0. The molecule has 1 aliphatic carbocycles. The van der Waals surface area contributed by atoms with E-state index in [1.54, 1.807) is 11.8 Å². The highest BCUT2D eigenvalue weighted by molar-refractivity contribution is 6.00. The molecule has 0 spiro atoms. The van der Waals surface area contributed by atoms with Crippen molar-refractivity contribution in [2.75, 3.05) is 11.4 Å². The van der Waals surface area contributed by atoms with Crippen LogP contribution in [0.5, 0.6) is 5.75 Å². The highest BCUT2D eigenvalue weighted by Gasteiger charge is 2.32. The first-order valence-electron chi connectivity index (χ1n) is 10.5. The normalized spacial score (nSPS) is 20.1. The molecule has 0 bridgehead atoms. The third-order valence-corrected chi connectivity index (χ3v) is 5.98. The summed E-state index contributed by atoms with van der Waals surface area (Å²) in [6.07, 6.45) is 4.47.